The van der Waals surface area contributed by atoms with Crippen LogP contribution in [0.5, 0.6) is 11.5 Å². The van der Waals surface area contributed by atoms with Crippen LogP contribution in [0.25, 0.3) is 0 Å². The zero-order valence-corrected chi connectivity index (χ0v) is 20.9. The number of para-hydroxylation sites is 1. The minimum absolute atomic E-state index is 0.268. The summed E-state index contributed by atoms with van der Waals surface area (Å²) in [7, 11) is 2.74. The van der Waals surface area contributed by atoms with E-state index in [-0.39, 0.29) is 5.57 Å². The second-order valence-corrected chi connectivity index (χ2v) is 9.21. The number of hydrogen-bond donors (Lipinski definition) is 1. The van der Waals surface area contributed by atoms with Crippen LogP contribution in [0.4, 0.5) is 0 Å². The van der Waals surface area contributed by atoms with E-state index in [9.17, 15) is 14.9 Å². The van der Waals surface area contributed by atoms with Crippen molar-refractivity contribution in [3.8, 4) is 17.6 Å². The van der Waals surface area contributed by atoms with Gasteiger partial charge in [-0.05, 0) is 45.8 Å². The molecule has 33 heavy (non-hydrogen) atoms. The molecule has 1 amide bonds. The Labute approximate surface area is 209 Å². The third kappa shape index (κ3) is 5.64. The molecule has 0 fully saturated rings. The molecule has 0 unspecified atom stereocenters. The lowest BCUT2D eigenvalue weighted by Crippen LogP contribution is -2.44. The van der Waals surface area contributed by atoms with Crippen LogP contribution in [0.1, 0.15) is 11.5 Å². The molecule has 10 heteroatoms. The molecule has 172 valence electrons. The van der Waals surface area contributed by atoms with Crippen molar-refractivity contribution < 1.29 is 23.8 Å². The molecular formula is C23H20BrClN2O5S. The molecule has 7 nitrogen and oxygen atoms in total. The average molecular weight is 552 g/mol. The van der Waals surface area contributed by atoms with Crippen molar-refractivity contribution in [2.45, 2.75) is 5.92 Å². The summed E-state index contributed by atoms with van der Waals surface area (Å²) in [6.07, 6.45) is 0. The van der Waals surface area contributed by atoms with Gasteiger partial charge >= 0.3 is 5.97 Å². The van der Waals surface area contributed by atoms with Crippen molar-refractivity contribution in [2.24, 2.45) is 5.92 Å². The quantitative estimate of drug-likeness (QED) is 0.289. The summed E-state index contributed by atoms with van der Waals surface area (Å²) in [5.74, 6) is -1.70. The van der Waals surface area contributed by atoms with Gasteiger partial charge in [0, 0.05) is 11.7 Å². The summed E-state index contributed by atoms with van der Waals surface area (Å²) in [6, 6.07) is 14.5. The second-order valence-electron chi connectivity index (χ2n) is 6.84. The van der Waals surface area contributed by atoms with Gasteiger partial charge in [-0.25, -0.2) is 0 Å². The summed E-state index contributed by atoms with van der Waals surface area (Å²) in [5, 5.41) is 13.5. The molecule has 2 atom stereocenters. The summed E-state index contributed by atoms with van der Waals surface area (Å²) < 4.78 is 16.5. The number of rotatable bonds is 8. The minimum atomic E-state index is -1.20. The molecule has 0 aliphatic carbocycles. The number of nitrogens with one attached hydrogen (secondary N) is 1. The maximum absolute atomic E-state index is 12.9. The lowest BCUT2D eigenvalue weighted by atomic mass is 9.78. The SMILES string of the molecule is COC(=O)[C@H]1C(=O)NC(SCCOc2ccccc2Cl)=C(C#N)[C@H]1c1ccc(OC)c(Br)c1. The Morgan fingerprint density at radius 1 is 1.24 bits per heavy atom. The van der Waals surface area contributed by atoms with Gasteiger partial charge in [-0.2, -0.15) is 5.26 Å². The van der Waals surface area contributed by atoms with Crippen molar-refractivity contribution in [3.63, 3.8) is 0 Å². The number of hydrogen-bond acceptors (Lipinski definition) is 7. The number of methoxy groups -OCH3 is 2. The van der Waals surface area contributed by atoms with Crippen LogP contribution < -0.4 is 14.8 Å². The molecule has 1 aliphatic heterocycles. The number of carbonyl (C=O) groups excluding carboxylic acids is 2. The first kappa shape index (κ1) is 25.0. The molecule has 0 aromatic heterocycles. The Morgan fingerprint density at radius 3 is 2.64 bits per heavy atom. The highest BCUT2D eigenvalue weighted by atomic mass is 79.9. The molecule has 0 saturated heterocycles. The number of halogens is 2. The molecule has 1 aliphatic rings. The van der Waals surface area contributed by atoms with E-state index in [1.165, 1.54) is 26.0 Å². The molecule has 2 aromatic carbocycles. The molecule has 0 radical (unpaired) electrons. The van der Waals surface area contributed by atoms with Crippen LogP contribution in [0.3, 0.4) is 0 Å². The number of thioether (sulfide) groups is 1. The number of amides is 1. The first-order valence-electron chi connectivity index (χ1n) is 9.77. The van der Waals surface area contributed by atoms with E-state index in [2.05, 4.69) is 27.3 Å². The van der Waals surface area contributed by atoms with E-state index in [0.717, 1.165) is 0 Å². The molecule has 0 spiro atoms. The predicted octanol–water partition coefficient (Wildman–Crippen LogP) is 4.66. The topological polar surface area (TPSA) is 97.7 Å². The fourth-order valence-electron chi connectivity index (χ4n) is 3.41. The number of carbonyl (C=O) groups is 2. The number of esters is 1. The number of allylic oxidation sites excluding steroid dienone is 1. The fourth-order valence-corrected chi connectivity index (χ4v) is 5.03. The first-order chi connectivity index (χ1) is 15.9. The minimum Gasteiger partial charge on any atom is -0.496 e. The van der Waals surface area contributed by atoms with E-state index in [4.69, 9.17) is 25.8 Å². The van der Waals surface area contributed by atoms with Gasteiger partial charge in [0.25, 0.3) is 0 Å². The van der Waals surface area contributed by atoms with Crippen LogP contribution >= 0.6 is 39.3 Å². The highest BCUT2D eigenvalue weighted by molar-refractivity contribution is 9.10. The average Bonchev–Trinajstić information content (AvgIpc) is 2.81. The van der Waals surface area contributed by atoms with Crippen LogP contribution in [0.15, 0.2) is 57.5 Å². The summed E-state index contributed by atoms with van der Waals surface area (Å²) in [5.41, 5.74) is 0.875. The lowest BCUT2D eigenvalue weighted by Gasteiger charge is -2.31. The Bertz CT molecular complexity index is 1130. The van der Waals surface area contributed by atoms with Gasteiger partial charge in [0.05, 0.1) is 47.0 Å². The van der Waals surface area contributed by atoms with Gasteiger partial charge in [-0.15, -0.1) is 11.8 Å². The monoisotopic (exact) mass is 550 g/mol. The van der Waals surface area contributed by atoms with Crippen LogP contribution in [0, 0.1) is 17.2 Å². The maximum Gasteiger partial charge on any atom is 0.319 e. The van der Waals surface area contributed by atoms with Gasteiger partial charge in [-0.1, -0.05) is 29.8 Å². The molecule has 0 bridgehead atoms. The third-order valence-electron chi connectivity index (χ3n) is 4.94. The van der Waals surface area contributed by atoms with Gasteiger partial charge < -0.3 is 19.5 Å². The van der Waals surface area contributed by atoms with Crippen molar-refractivity contribution in [3.05, 3.63) is 68.1 Å². The van der Waals surface area contributed by atoms with Crippen molar-refractivity contribution in [1.82, 2.24) is 5.32 Å². The third-order valence-corrected chi connectivity index (χ3v) is 6.86. The zero-order chi connectivity index (χ0) is 24.0. The normalized spacial score (nSPS) is 17.7. The molecular weight excluding hydrogens is 532 g/mol. The van der Waals surface area contributed by atoms with Crippen molar-refractivity contribution in [1.29, 1.82) is 5.26 Å². The Balaban J connectivity index is 1.89. The highest BCUT2D eigenvalue weighted by Gasteiger charge is 2.44. The first-order valence-corrected chi connectivity index (χ1v) is 11.9. The fraction of sp³-hybridized carbons (Fsp3) is 0.261. The van der Waals surface area contributed by atoms with E-state index in [1.807, 2.05) is 6.07 Å². The van der Waals surface area contributed by atoms with Crippen molar-refractivity contribution in [2.75, 3.05) is 26.6 Å². The number of benzene rings is 2. The number of nitriles is 1. The van der Waals surface area contributed by atoms with E-state index in [1.54, 1.807) is 36.4 Å². The molecule has 2 aromatic rings. The Hall–Kier alpha value is -2.67. The Kier molecular flexibility index (Phi) is 8.67. The number of nitrogens with zero attached hydrogens (tertiary/aromatic N) is 1. The van der Waals surface area contributed by atoms with E-state index in [0.29, 0.717) is 43.9 Å². The summed E-state index contributed by atoms with van der Waals surface area (Å²) >= 11 is 10.8. The molecule has 1 heterocycles. The van der Waals surface area contributed by atoms with E-state index < -0.39 is 23.7 Å². The van der Waals surface area contributed by atoms with Gasteiger partial charge in [0.2, 0.25) is 5.91 Å². The summed E-state index contributed by atoms with van der Waals surface area (Å²) in [4.78, 5) is 25.4. The van der Waals surface area contributed by atoms with Crippen LogP contribution in [-0.2, 0) is 14.3 Å². The molecule has 3 rings (SSSR count). The molecule has 1 N–H and O–H groups in total. The smallest absolute Gasteiger partial charge is 0.319 e. The van der Waals surface area contributed by atoms with Gasteiger partial charge in [-0.3, -0.25) is 9.59 Å². The van der Waals surface area contributed by atoms with Gasteiger partial charge in [0.15, 0.2) is 0 Å². The molecule has 0 saturated carbocycles. The van der Waals surface area contributed by atoms with Crippen LogP contribution in [0.2, 0.25) is 5.02 Å². The predicted molar refractivity (Wildman–Crippen MR) is 129 cm³/mol. The van der Waals surface area contributed by atoms with Gasteiger partial charge in [0.1, 0.15) is 17.4 Å². The zero-order valence-electron chi connectivity index (χ0n) is 17.8. The van der Waals surface area contributed by atoms with Crippen molar-refractivity contribution >= 4 is 51.2 Å². The standard InChI is InChI=1S/C23H20BrClN2O5S/c1-30-17-8-7-13(11-15(17)24)19-14(12-26)22(27-21(28)20(19)23(29)31-2)33-10-9-32-18-6-4-3-5-16(18)25/h3-8,11,19-20H,9-10H2,1-2H3,(H,27,28)/t19-,20-/m1/s1. The summed E-state index contributed by atoms with van der Waals surface area (Å²) in [6.45, 7) is 0.297. The van der Waals surface area contributed by atoms with Crippen LogP contribution in [-0.4, -0.2) is 38.5 Å². The second kappa shape index (κ2) is 11.5. The number of ether oxygens (including phenoxy) is 3. The van der Waals surface area contributed by atoms with E-state index >= 15 is 0 Å². The highest BCUT2D eigenvalue weighted by Crippen LogP contribution is 2.42. The Morgan fingerprint density at radius 2 is 2.00 bits per heavy atom. The maximum atomic E-state index is 12.9. The largest absolute Gasteiger partial charge is 0.496 e. The lowest BCUT2D eigenvalue weighted by molar-refractivity contribution is -0.150.